The SMILES string of the molecule is CCOc1cc([C@H](N)CCCCN)cc(Br)c1O. The van der Waals surface area contributed by atoms with Crippen LogP contribution in [0.4, 0.5) is 0 Å². The lowest BCUT2D eigenvalue weighted by atomic mass is 10.0. The molecule has 0 heterocycles. The Bertz CT molecular complexity index is 385. The quantitative estimate of drug-likeness (QED) is 0.675. The molecule has 1 aromatic carbocycles. The number of hydrogen-bond donors (Lipinski definition) is 3. The van der Waals surface area contributed by atoms with Gasteiger partial charge in [0.25, 0.3) is 0 Å². The summed E-state index contributed by atoms with van der Waals surface area (Å²) in [5.74, 6) is 0.589. The number of benzene rings is 1. The lowest BCUT2D eigenvalue weighted by Gasteiger charge is -2.15. The first-order valence-electron chi connectivity index (χ1n) is 6.21. The minimum atomic E-state index is -0.0624. The molecule has 4 nitrogen and oxygen atoms in total. The fraction of sp³-hybridized carbons (Fsp3) is 0.538. The van der Waals surface area contributed by atoms with Crippen molar-refractivity contribution in [1.82, 2.24) is 0 Å². The van der Waals surface area contributed by atoms with Gasteiger partial charge in [-0.25, -0.2) is 0 Å². The highest BCUT2D eigenvalue weighted by atomic mass is 79.9. The van der Waals surface area contributed by atoms with Gasteiger partial charge < -0.3 is 21.3 Å². The largest absolute Gasteiger partial charge is 0.503 e. The summed E-state index contributed by atoms with van der Waals surface area (Å²) in [5, 5.41) is 9.82. The minimum Gasteiger partial charge on any atom is -0.503 e. The number of phenolic OH excluding ortho intramolecular Hbond substituents is 1. The van der Waals surface area contributed by atoms with Crippen LogP contribution in [0.3, 0.4) is 0 Å². The lowest BCUT2D eigenvalue weighted by Crippen LogP contribution is -2.11. The Morgan fingerprint density at radius 2 is 2.11 bits per heavy atom. The smallest absolute Gasteiger partial charge is 0.172 e. The van der Waals surface area contributed by atoms with Crippen LogP contribution in [0.15, 0.2) is 16.6 Å². The summed E-state index contributed by atoms with van der Waals surface area (Å²) in [6, 6.07) is 3.58. The van der Waals surface area contributed by atoms with E-state index in [1.54, 1.807) is 6.07 Å². The van der Waals surface area contributed by atoms with Crippen LogP contribution in [0.5, 0.6) is 11.5 Å². The van der Waals surface area contributed by atoms with Crippen molar-refractivity contribution in [3.8, 4) is 11.5 Å². The van der Waals surface area contributed by atoms with E-state index in [2.05, 4.69) is 15.9 Å². The van der Waals surface area contributed by atoms with Crippen molar-refractivity contribution in [3.63, 3.8) is 0 Å². The normalized spacial score (nSPS) is 12.4. The Balaban J connectivity index is 2.81. The van der Waals surface area contributed by atoms with Crippen LogP contribution in [0.1, 0.15) is 37.8 Å². The topological polar surface area (TPSA) is 81.5 Å². The second-order valence-electron chi connectivity index (χ2n) is 4.17. The fourth-order valence-corrected chi connectivity index (χ4v) is 2.21. The Hall–Kier alpha value is -0.780. The first kappa shape index (κ1) is 15.3. The fourth-order valence-electron chi connectivity index (χ4n) is 1.75. The molecule has 0 aliphatic heterocycles. The van der Waals surface area contributed by atoms with Gasteiger partial charge in [-0.05, 0) is 59.9 Å². The molecular formula is C13H21BrN2O2. The third-order valence-electron chi connectivity index (χ3n) is 2.75. The monoisotopic (exact) mass is 316 g/mol. The van der Waals surface area contributed by atoms with E-state index in [1.807, 2.05) is 13.0 Å². The Morgan fingerprint density at radius 3 is 2.72 bits per heavy atom. The van der Waals surface area contributed by atoms with E-state index in [-0.39, 0.29) is 11.8 Å². The summed E-state index contributed by atoms with van der Waals surface area (Å²) in [7, 11) is 0. The first-order valence-corrected chi connectivity index (χ1v) is 7.00. The van der Waals surface area contributed by atoms with Gasteiger partial charge in [0.05, 0.1) is 11.1 Å². The zero-order valence-electron chi connectivity index (χ0n) is 10.7. The molecule has 5 N–H and O–H groups in total. The van der Waals surface area contributed by atoms with Crippen molar-refractivity contribution in [2.75, 3.05) is 13.2 Å². The minimum absolute atomic E-state index is 0.0624. The van der Waals surface area contributed by atoms with Crippen LogP contribution in [-0.4, -0.2) is 18.3 Å². The van der Waals surface area contributed by atoms with Gasteiger partial charge in [0, 0.05) is 6.04 Å². The number of halogens is 1. The maximum absolute atomic E-state index is 9.82. The molecule has 0 saturated heterocycles. The number of phenols is 1. The van der Waals surface area contributed by atoms with Gasteiger partial charge in [0.15, 0.2) is 11.5 Å². The van der Waals surface area contributed by atoms with E-state index in [1.165, 1.54) is 0 Å². The summed E-state index contributed by atoms with van der Waals surface area (Å²) in [4.78, 5) is 0. The molecule has 0 saturated carbocycles. The second kappa shape index (κ2) is 7.61. The number of ether oxygens (including phenoxy) is 1. The molecule has 0 unspecified atom stereocenters. The molecule has 18 heavy (non-hydrogen) atoms. The Kier molecular flexibility index (Phi) is 6.46. The predicted octanol–water partition coefficient (Wildman–Crippen LogP) is 2.68. The van der Waals surface area contributed by atoms with Crippen molar-refractivity contribution in [2.24, 2.45) is 11.5 Å². The molecular weight excluding hydrogens is 296 g/mol. The number of nitrogens with two attached hydrogens (primary N) is 2. The second-order valence-corrected chi connectivity index (χ2v) is 5.03. The number of hydrogen-bond acceptors (Lipinski definition) is 4. The Labute approximate surface area is 116 Å². The molecule has 102 valence electrons. The summed E-state index contributed by atoms with van der Waals surface area (Å²) in [6.45, 7) is 3.07. The summed E-state index contributed by atoms with van der Waals surface area (Å²) < 4.78 is 5.99. The van der Waals surface area contributed by atoms with Crippen LogP contribution < -0.4 is 16.2 Å². The van der Waals surface area contributed by atoms with Crippen molar-refractivity contribution in [2.45, 2.75) is 32.2 Å². The van der Waals surface area contributed by atoms with Crippen molar-refractivity contribution < 1.29 is 9.84 Å². The number of aromatic hydroxyl groups is 1. The zero-order chi connectivity index (χ0) is 13.5. The van der Waals surface area contributed by atoms with Gasteiger partial charge in [0.2, 0.25) is 0 Å². The van der Waals surface area contributed by atoms with Gasteiger partial charge in [0.1, 0.15) is 0 Å². The average Bonchev–Trinajstić information content (AvgIpc) is 2.35. The van der Waals surface area contributed by atoms with Crippen LogP contribution in [0, 0.1) is 0 Å². The molecule has 1 atom stereocenters. The molecule has 1 aromatic rings. The molecule has 0 aliphatic carbocycles. The van der Waals surface area contributed by atoms with Crippen LogP contribution in [-0.2, 0) is 0 Å². The summed E-state index contributed by atoms with van der Waals surface area (Å²) >= 11 is 3.31. The molecule has 5 heteroatoms. The predicted molar refractivity (Wildman–Crippen MR) is 76.8 cm³/mol. The highest BCUT2D eigenvalue weighted by Gasteiger charge is 2.13. The highest BCUT2D eigenvalue weighted by molar-refractivity contribution is 9.10. The number of unbranched alkanes of at least 4 members (excludes halogenated alkanes) is 1. The summed E-state index contributed by atoms with van der Waals surface area (Å²) in [6.07, 6.45) is 2.85. The zero-order valence-corrected chi connectivity index (χ0v) is 12.2. The maximum Gasteiger partial charge on any atom is 0.172 e. The third-order valence-corrected chi connectivity index (χ3v) is 3.35. The van der Waals surface area contributed by atoms with Crippen LogP contribution >= 0.6 is 15.9 Å². The third kappa shape index (κ3) is 4.15. The number of rotatable bonds is 7. The van der Waals surface area contributed by atoms with E-state index >= 15 is 0 Å². The van der Waals surface area contributed by atoms with Gasteiger partial charge >= 0.3 is 0 Å². The standard InChI is InChI=1S/C13H21BrN2O2/c1-2-18-12-8-9(7-10(14)13(12)17)11(16)5-3-4-6-15/h7-8,11,17H,2-6,15-16H2,1H3/t11-/m1/s1. The van der Waals surface area contributed by atoms with E-state index in [4.69, 9.17) is 16.2 Å². The summed E-state index contributed by atoms with van der Waals surface area (Å²) in [5.41, 5.74) is 12.5. The molecule has 0 aromatic heterocycles. The van der Waals surface area contributed by atoms with Gasteiger partial charge in [-0.2, -0.15) is 0 Å². The Morgan fingerprint density at radius 1 is 1.39 bits per heavy atom. The first-order chi connectivity index (χ1) is 8.60. The molecule has 1 rings (SSSR count). The molecule has 0 radical (unpaired) electrons. The van der Waals surface area contributed by atoms with Gasteiger partial charge in [-0.15, -0.1) is 0 Å². The molecule has 0 fully saturated rings. The van der Waals surface area contributed by atoms with E-state index < -0.39 is 0 Å². The molecule has 0 amide bonds. The average molecular weight is 317 g/mol. The van der Waals surface area contributed by atoms with Crippen molar-refractivity contribution in [3.05, 3.63) is 22.2 Å². The highest BCUT2D eigenvalue weighted by Crippen LogP contribution is 2.37. The van der Waals surface area contributed by atoms with E-state index in [0.717, 1.165) is 24.8 Å². The molecule has 0 aliphatic rings. The lowest BCUT2D eigenvalue weighted by molar-refractivity contribution is 0.316. The maximum atomic E-state index is 9.82. The van der Waals surface area contributed by atoms with E-state index in [0.29, 0.717) is 23.4 Å². The van der Waals surface area contributed by atoms with E-state index in [9.17, 15) is 5.11 Å². The van der Waals surface area contributed by atoms with Crippen molar-refractivity contribution in [1.29, 1.82) is 0 Å². The van der Waals surface area contributed by atoms with Crippen LogP contribution in [0.2, 0.25) is 0 Å². The molecule has 0 bridgehead atoms. The van der Waals surface area contributed by atoms with Crippen LogP contribution in [0.25, 0.3) is 0 Å². The van der Waals surface area contributed by atoms with Crippen molar-refractivity contribution >= 4 is 15.9 Å². The molecule has 0 spiro atoms. The van der Waals surface area contributed by atoms with Gasteiger partial charge in [-0.3, -0.25) is 0 Å². The van der Waals surface area contributed by atoms with Gasteiger partial charge in [-0.1, -0.05) is 6.42 Å².